The third kappa shape index (κ3) is 4.30. The predicted molar refractivity (Wildman–Crippen MR) is 72.7 cm³/mol. The summed E-state index contributed by atoms with van der Waals surface area (Å²) in [6, 6.07) is -0.132. The molecule has 0 fully saturated rings. The van der Waals surface area contributed by atoms with Crippen LogP contribution in [0.3, 0.4) is 0 Å². The van der Waals surface area contributed by atoms with E-state index in [1.54, 1.807) is 39.3 Å². The van der Waals surface area contributed by atoms with Gasteiger partial charge >= 0.3 is 11.8 Å². The summed E-state index contributed by atoms with van der Waals surface area (Å²) in [7, 11) is -2.01. The SMILES string of the molecule is CC(C)(C)OC(=O)N[C@@H]1C=C[P+](C)(C(=O)O)CC1. The number of amides is 1. The van der Waals surface area contributed by atoms with Crippen LogP contribution in [0, 0.1) is 0 Å². The smallest absolute Gasteiger partial charge is 0.451 e. The van der Waals surface area contributed by atoms with Crippen molar-refractivity contribution >= 4 is 19.1 Å². The summed E-state index contributed by atoms with van der Waals surface area (Å²) in [5.74, 6) is 1.75. The molecule has 0 aromatic heterocycles. The Hall–Kier alpha value is -1.09. The van der Waals surface area contributed by atoms with Crippen LogP contribution in [0.1, 0.15) is 27.2 Å². The molecule has 5 nitrogen and oxygen atoms in total. The van der Waals surface area contributed by atoms with Crippen molar-refractivity contribution in [2.75, 3.05) is 12.8 Å². The average Bonchev–Trinajstić information content (AvgIpc) is 2.18. The summed E-state index contributed by atoms with van der Waals surface area (Å²) in [5.41, 5.74) is -1.25. The maximum Gasteiger partial charge on any atom is 0.452 e. The Morgan fingerprint density at radius 2 is 2.06 bits per heavy atom. The third-order valence-corrected chi connectivity index (χ3v) is 5.58. The van der Waals surface area contributed by atoms with E-state index in [2.05, 4.69) is 5.32 Å². The standard InChI is InChI=1S/C12H20NO4P/c1-12(2,3)17-10(14)13-9-5-7-18(4,8-6-9)11(15)16/h5,7,9H,6,8H2,1-4H3,(H-,13,14,15,16)/p+1/t9-,18?/m1/s1. The van der Waals surface area contributed by atoms with Gasteiger partial charge in [-0.2, -0.15) is 0 Å². The highest BCUT2D eigenvalue weighted by Gasteiger charge is 2.42. The Kier molecular flexibility index (Phi) is 4.38. The quantitative estimate of drug-likeness (QED) is 0.758. The highest BCUT2D eigenvalue weighted by atomic mass is 31.2. The lowest BCUT2D eigenvalue weighted by Crippen LogP contribution is -2.39. The summed E-state index contributed by atoms with van der Waals surface area (Å²) in [5, 5.41) is 11.8. The number of hydrogen-bond donors (Lipinski definition) is 2. The zero-order chi connectivity index (χ0) is 14.0. The number of rotatable bonds is 2. The average molecular weight is 274 g/mol. The van der Waals surface area contributed by atoms with E-state index in [-0.39, 0.29) is 6.04 Å². The van der Waals surface area contributed by atoms with Crippen LogP contribution in [-0.4, -0.2) is 41.4 Å². The second-order valence-electron chi connectivity index (χ2n) is 5.66. The molecule has 0 radical (unpaired) electrons. The van der Waals surface area contributed by atoms with Crippen LogP contribution in [0.25, 0.3) is 0 Å². The lowest BCUT2D eigenvalue weighted by molar-refractivity contribution is 0.0513. The highest BCUT2D eigenvalue weighted by Crippen LogP contribution is 2.59. The second-order valence-corrected chi connectivity index (χ2v) is 9.32. The maximum atomic E-state index is 11.5. The topological polar surface area (TPSA) is 75.6 Å². The van der Waals surface area contributed by atoms with Crippen molar-refractivity contribution in [3.05, 3.63) is 11.9 Å². The minimum Gasteiger partial charge on any atom is -0.451 e. The van der Waals surface area contributed by atoms with Crippen LogP contribution in [0.2, 0.25) is 0 Å². The van der Waals surface area contributed by atoms with E-state index < -0.39 is 24.7 Å². The van der Waals surface area contributed by atoms with Gasteiger partial charge in [0.05, 0.1) is 24.7 Å². The van der Waals surface area contributed by atoms with Crippen LogP contribution in [0.15, 0.2) is 11.9 Å². The van der Waals surface area contributed by atoms with Crippen molar-refractivity contribution in [2.45, 2.75) is 38.8 Å². The Labute approximate surface area is 108 Å². The molecule has 0 aliphatic carbocycles. The van der Waals surface area contributed by atoms with Crippen molar-refractivity contribution < 1.29 is 19.4 Å². The molecule has 0 saturated carbocycles. The summed E-state index contributed by atoms with van der Waals surface area (Å²) in [6.45, 7) is 7.19. The summed E-state index contributed by atoms with van der Waals surface area (Å²) in [6.07, 6.45) is 2.57. The zero-order valence-electron chi connectivity index (χ0n) is 11.3. The molecule has 1 unspecified atom stereocenters. The molecule has 1 amide bonds. The third-order valence-electron chi connectivity index (χ3n) is 2.69. The zero-order valence-corrected chi connectivity index (χ0v) is 12.2. The fourth-order valence-corrected chi connectivity index (χ4v) is 3.48. The van der Waals surface area contributed by atoms with E-state index in [9.17, 15) is 9.59 Å². The first-order valence-corrected chi connectivity index (χ1v) is 8.39. The lowest BCUT2D eigenvalue weighted by Gasteiger charge is -2.25. The number of carbonyl (C=O) groups excluding carboxylic acids is 1. The summed E-state index contributed by atoms with van der Waals surface area (Å²) < 4.78 is 5.15. The molecule has 1 rings (SSSR count). The first-order chi connectivity index (χ1) is 8.12. The molecule has 0 aromatic carbocycles. The molecule has 2 atom stereocenters. The number of nitrogens with one attached hydrogen (secondary N) is 1. The highest BCUT2D eigenvalue weighted by molar-refractivity contribution is 7.92. The summed E-state index contributed by atoms with van der Waals surface area (Å²) >= 11 is 0. The molecule has 18 heavy (non-hydrogen) atoms. The van der Waals surface area contributed by atoms with Gasteiger partial charge in [0.1, 0.15) is 5.60 Å². The van der Waals surface area contributed by atoms with Gasteiger partial charge in [-0.1, -0.05) is 0 Å². The van der Waals surface area contributed by atoms with E-state index in [4.69, 9.17) is 9.84 Å². The van der Waals surface area contributed by atoms with Gasteiger partial charge in [-0.05, 0) is 26.8 Å². The van der Waals surface area contributed by atoms with Crippen molar-refractivity contribution in [3.8, 4) is 0 Å². The van der Waals surface area contributed by atoms with E-state index in [1.807, 2.05) is 0 Å². The van der Waals surface area contributed by atoms with Crippen molar-refractivity contribution in [2.24, 2.45) is 0 Å². The largest absolute Gasteiger partial charge is 0.452 e. The molecule has 102 valence electrons. The van der Waals surface area contributed by atoms with Gasteiger partial charge in [0.15, 0.2) is 7.26 Å². The van der Waals surface area contributed by atoms with Gasteiger partial charge in [0, 0.05) is 6.42 Å². The molecule has 1 heterocycles. The molecule has 6 heteroatoms. The molecule has 2 N–H and O–H groups in total. The van der Waals surface area contributed by atoms with Gasteiger partial charge in [0.25, 0.3) is 0 Å². The van der Waals surface area contributed by atoms with Crippen LogP contribution in [0.4, 0.5) is 9.59 Å². The van der Waals surface area contributed by atoms with Crippen LogP contribution < -0.4 is 5.32 Å². The van der Waals surface area contributed by atoms with Gasteiger partial charge in [0.2, 0.25) is 0 Å². The Balaban J connectivity index is 2.53. The summed E-state index contributed by atoms with van der Waals surface area (Å²) in [4.78, 5) is 22.6. The molecule has 0 spiro atoms. The second kappa shape index (κ2) is 5.27. The molecule has 0 aromatic rings. The molecular formula is C12H21NO4P+. The number of carbonyl (C=O) groups is 2. The minimum atomic E-state index is -2.01. The fourth-order valence-electron chi connectivity index (χ4n) is 1.61. The van der Waals surface area contributed by atoms with E-state index >= 15 is 0 Å². The molecule has 0 bridgehead atoms. The van der Waals surface area contributed by atoms with E-state index in [1.165, 1.54) is 0 Å². The first kappa shape index (κ1) is 15.0. The van der Waals surface area contributed by atoms with Crippen LogP contribution >= 0.6 is 7.26 Å². The monoisotopic (exact) mass is 274 g/mol. The number of carboxylic acid groups (broad SMARTS) is 1. The number of hydrogen-bond acceptors (Lipinski definition) is 3. The number of alkyl carbamates (subject to hydrolysis) is 1. The lowest BCUT2D eigenvalue weighted by atomic mass is 10.2. The molecule has 1 aliphatic rings. The van der Waals surface area contributed by atoms with Crippen molar-refractivity contribution in [1.29, 1.82) is 0 Å². The van der Waals surface area contributed by atoms with Gasteiger partial charge in [-0.15, -0.1) is 0 Å². The first-order valence-electron chi connectivity index (χ1n) is 5.90. The Morgan fingerprint density at radius 1 is 1.44 bits per heavy atom. The molecule has 0 saturated heterocycles. The van der Waals surface area contributed by atoms with Crippen molar-refractivity contribution in [1.82, 2.24) is 5.32 Å². The normalized spacial score (nSPS) is 27.7. The maximum absolute atomic E-state index is 11.5. The van der Waals surface area contributed by atoms with Gasteiger partial charge < -0.3 is 15.2 Å². The predicted octanol–water partition coefficient (Wildman–Crippen LogP) is 3.12. The van der Waals surface area contributed by atoms with Crippen LogP contribution in [0.5, 0.6) is 0 Å². The minimum absolute atomic E-state index is 0.132. The fraction of sp³-hybridized carbons (Fsp3) is 0.667. The van der Waals surface area contributed by atoms with Gasteiger partial charge in [-0.3, -0.25) is 0 Å². The molecule has 1 aliphatic heterocycles. The molecular weight excluding hydrogens is 253 g/mol. The van der Waals surface area contributed by atoms with E-state index in [0.717, 1.165) is 0 Å². The number of ether oxygens (including phenoxy) is 1. The van der Waals surface area contributed by atoms with Gasteiger partial charge in [-0.25, -0.2) is 9.59 Å². The van der Waals surface area contributed by atoms with Crippen molar-refractivity contribution in [3.63, 3.8) is 0 Å². The Morgan fingerprint density at radius 3 is 2.44 bits per heavy atom. The van der Waals surface area contributed by atoms with E-state index in [0.29, 0.717) is 12.6 Å². The Bertz CT molecular complexity index is 375. The van der Waals surface area contributed by atoms with Crippen LogP contribution in [-0.2, 0) is 4.74 Å².